The van der Waals surface area contributed by atoms with Gasteiger partial charge in [0.1, 0.15) is 5.69 Å². The lowest BCUT2D eigenvalue weighted by atomic mass is 10.1. The van der Waals surface area contributed by atoms with E-state index in [0.717, 1.165) is 4.90 Å². The second-order valence-electron chi connectivity index (χ2n) is 5.46. The molecule has 0 unspecified atom stereocenters. The van der Waals surface area contributed by atoms with Gasteiger partial charge in [-0.3, -0.25) is 14.5 Å². The molecule has 0 aromatic carbocycles. The lowest BCUT2D eigenvalue weighted by Crippen LogP contribution is -2.35. The van der Waals surface area contributed by atoms with Crippen LogP contribution in [0.4, 0.5) is 0 Å². The molecule has 7 heteroatoms. The average molecular weight is 308 g/mol. The molecule has 2 heterocycles. The fourth-order valence-electron chi connectivity index (χ4n) is 2.78. The Morgan fingerprint density at radius 2 is 2.09 bits per heavy atom. The summed E-state index contributed by atoms with van der Waals surface area (Å²) >= 11 is 0. The van der Waals surface area contributed by atoms with Crippen molar-refractivity contribution in [1.29, 1.82) is 0 Å². The van der Waals surface area contributed by atoms with Crippen LogP contribution in [0.15, 0.2) is 0 Å². The average Bonchev–Trinajstić information content (AvgIpc) is 2.99. The van der Waals surface area contributed by atoms with Crippen molar-refractivity contribution in [2.45, 2.75) is 39.7 Å². The molecule has 0 aliphatic carbocycles. The van der Waals surface area contributed by atoms with Crippen molar-refractivity contribution in [3.8, 4) is 0 Å². The number of aliphatic hydroxyl groups is 1. The molecule has 1 atom stereocenters. The van der Waals surface area contributed by atoms with Crippen LogP contribution in [0.5, 0.6) is 0 Å². The van der Waals surface area contributed by atoms with Gasteiger partial charge in [0.25, 0.3) is 5.91 Å². The molecular weight excluding hydrogens is 288 g/mol. The highest BCUT2D eigenvalue weighted by molar-refractivity contribution is 5.98. The van der Waals surface area contributed by atoms with Gasteiger partial charge in [-0.25, -0.2) is 4.79 Å². The van der Waals surface area contributed by atoms with Gasteiger partial charge in [-0.1, -0.05) is 0 Å². The normalized spacial score (nSPS) is 16.0. The van der Waals surface area contributed by atoms with Crippen LogP contribution >= 0.6 is 0 Å². The SMILES string of the molecule is Cc1[nH]c(C(=O)OCC(=O)N2CCCC2=O)c(C)c1[C@H](C)O. The number of hydrogen-bond acceptors (Lipinski definition) is 5. The number of carbonyl (C=O) groups is 3. The molecule has 1 fully saturated rings. The van der Waals surface area contributed by atoms with E-state index in [-0.39, 0.29) is 11.6 Å². The Hall–Kier alpha value is -2.15. The third-order valence-electron chi connectivity index (χ3n) is 3.82. The number of nitrogens with zero attached hydrogens (tertiary/aromatic N) is 1. The second kappa shape index (κ2) is 6.31. The third-order valence-corrected chi connectivity index (χ3v) is 3.82. The summed E-state index contributed by atoms with van der Waals surface area (Å²) in [5, 5.41) is 9.70. The number of esters is 1. The summed E-state index contributed by atoms with van der Waals surface area (Å²) in [7, 11) is 0. The molecule has 1 aromatic rings. The predicted molar refractivity (Wildman–Crippen MR) is 77.1 cm³/mol. The zero-order valence-electron chi connectivity index (χ0n) is 12.9. The summed E-state index contributed by atoms with van der Waals surface area (Å²) in [6, 6.07) is 0. The molecule has 22 heavy (non-hydrogen) atoms. The number of rotatable bonds is 4. The molecule has 1 aliphatic heterocycles. The largest absolute Gasteiger partial charge is 0.451 e. The van der Waals surface area contributed by atoms with Crippen LogP contribution in [0.2, 0.25) is 0 Å². The highest BCUT2D eigenvalue weighted by atomic mass is 16.5. The van der Waals surface area contributed by atoms with Gasteiger partial charge in [0, 0.05) is 24.2 Å². The van der Waals surface area contributed by atoms with E-state index >= 15 is 0 Å². The Morgan fingerprint density at radius 1 is 1.41 bits per heavy atom. The van der Waals surface area contributed by atoms with Crippen molar-refractivity contribution in [1.82, 2.24) is 9.88 Å². The van der Waals surface area contributed by atoms with E-state index in [1.807, 2.05) is 0 Å². The number of nitrogens with one attached hydrogen (secondary N) is 1. The monoisotopic (exact) mass is 308 g/mol. The summed E-state index contributed by atoms with van der Waals surface area (Å²) in [4.78, 5) is 39.3. The molecule has 1 saturated heterocycles. The van der Waals surface area contributed by atoms with Crippen molar-refractivity contribution >= 4 is 17.8 Å². The molecule has 0 spiro atoms. The molecule has 1 aromatic heterocycles. The molecule has 0 saturated carbocycles. The molecule has 2 amide bonds. The lowest BCUT2D eigenvalue weighted by Gasteiger charge is -2.13. The lowest BCUT2D eigenvalue weighted by molar-refractivity contribution is -0.143. The standard InChI is InChI=1S/C15H20N2O5/c1-8-13(10(3)18)9(2)16-14(8)15(21)22-7-12(20)17-6-4-5-11(17)19/h10,16,18H,4-7H2,1-3H3/t10-/m0/s1. The summed E-state index contributed by atoms with van der Waals surface area (Å²) in [5.41, 5.74) is 2.14. The molecule has 2 rings (SSSR count). The van der Waals surface area contributed by atoms with Crippen molar-refractivity contribution in [3.63, 3.8) is 0 Å². The van der Waals surface area contributed by atoms with E-state index in [4.69, 9.17) is 4.74 Å². The Balaban J connectivity index is 2.02. The highest BCUT2D eigenvalue weighted by Gasteiger charge is 2.28. The van der Waals surface area contributed by atoms with Crippen LogP contribution in [0, 0.1) is 13.8 Å². The van der Waals surface area contributed by atoms with E-state index < -0.39 is 24.6 Å². The first-order chi connectivity index (χ1) is 10.3. The maximum absolute atomic E-state index is 12.1. The summed E-state index contributed by atoms with van der Waals surface area (Å²) in [5.74, 6) is -1.41. The van der Waals surface area contributed by atoms with E-state index in [1.54, 1.807) is 20.8 Å². The zero-order chi connectivity index (χ0) is 16.4. The van der Waals surface area contributed by atoms with Crippen LogP contribution in [-0.2, 0) is 14.3 Å². The smallest absolute Gasteiger partial charge is 0.355 e. The Kier molecular flexibility index (Phi) is 4.65. The number of aromatic amines is 1. The van der Waals surface area contributed by atoms with E-state index in [1.165, 1.54) is 0 Å². The molecule has 2 N–H and O–H groups in total. The van der Waals surface area contributed by atoms with Gasteiger partial charge in [0.2, 0.25) is 5.91 Å². The van der Waals surface area contributed by atoms with Crippen LogP contribution < -0.4 is 0 Å². The van der Waals surface area contributed by atoms with Crippen LogP contribution in [0.3, 0.4) is 0 Å². The Bertz CT molecular complexity index is 618. The maximum atomic E-state index is 12.1. The van der Waals surface area contributed by atoms with Crippen molar-refractivity contribution in [2.24, 2.45) is 0 Å². The highest BCUT2D eigenvalue weighted by Crippen LogP contribution is 2.24. The number of ether oxygens (including phenoxy) is 1. The van der Waals surface area contributed by atoms with Crippen molar-refractivity contribution in [3.05, 3.63) is 22.5 Å². The third kappa shape index (κ3) is 3.04. The summed E-state index contributed by atoms with van der Waals surface area (Å²) in [6.45, 7) is 4.97. The summed E-state index contributed by atoms with van der Waals surface area (Å²) in [6.07, 6.45) is 0.291. The molecule has 0 bridgehead atoms. The van der Waals surface area contributed by atoms with Gasteiger partial charge < -0.3 is 14.8 Å². The minimum Gasteiger partial charge on any atom is -0.451 e. The van der Waals surface area contributed by atoms with Gasteiger partial charge in [-0.15, -0.1) is 0 Å². The number of aromatic nitrogens is 1. The number of aliphatic hydroxyl groups excluding tert-OH is 1. The van der Waals surface area contributed by atoms with Gasteiger partial charge >= 0.3 is 5.97 Å². The zero-order valence-corrected chi connectivity index (χ0v) is 12.9. The number of H-pyrrole nitrogens is 1. The summed E-state index contributed by atoms with van der Waals surface area (Å²) < 4.78 is 4.98. The van der Waals surface area contributed by atoms with Gasteiger partial charge in [0.15, 0.2) is 6.61 Å². The first-order valence-electron chi connectivity index (χ1n) is 7.20. The van der Waals surface area contributed by atoms with E-state index in [9.17, 15) is 19.5 Å². The molecular formula is C15H20N2O5. The van der Waals surface area contributed by atoms with Gasteiger partial charge in [-0.05, 0) is 32.8 Å². The molecule has 0 radical (unpaired) electrons. The topological polar surface area (TPSA) is 99.7 Å². The fourth-order valence-corrected chi connectivity index (χ4v) is 2.78. The molecule has 7 nitrogen and oxygen atoms in total. The number of carbonyl (C=O) groups excluding carboxylic acids is 3. The van der Waals surface area contributed by atoms with E-state index in [2.05, 4.69) is 4.98 Å². The Morgan fingerprint density at radius 3 is 2.59 bits per heavy atom. The number of amides is 2. The van der Waals surface area contributed by atoms with Gasteiger partial charge in [-0.2, -0.15) is 0 Å². The maximum Gasteiger partial charge on any atom is 0.355 e. The Labute approximate surface area is 128 Å². The number of hydrogen-bond donors (Lipinski definition) is 2. The van der Waals surface area contributed by atoms with Crippen molar-refractivity contribution < 1.29 is 24.2 Å². The fraction of sp³-hybridized carbons (Fsp3) is 0.533. The van der Waals surface area contributed by atoms with Crippen LogP contribution in [0.25, 0.3) is 0 Å². The van der Waals surface area contributed by atoms with E-state index in [0.29, 0.717) is 36.2 Å². The first kappa shape index (κ1) is 16.2. The minimum absolute atomic E-state index is 0.217. The predicted octanol–water partition coefficient (Wildman–Crippen LogP) is 0.991. The molecule has 1 aliphatic rings. The number of imide groups is 1. The van der Waals surface area contributed by atoms with Gasteiger partial charge in [0.05, 0.1) is 6.10 Å². The number of likely N-dealkylation sites (tertiary alicyclic amines) is 1. The number of aryl methyl sites for hydroxylation is 1. The molecule has 120 valence electrons. The second-order valence-corrected chi connectivity index (χ2v) is 5.46. The quantitative estimate of drug-likeness (QED) is 0.808. The van der Waals surface area contributed by atoms with Crippen LogP contribution in [-0.4, -0.2) is 45.9 Å². The van der Waals surface area contributed by atoms with Crippen molar-refractivity contribution in [2.75, 3.05) is 13.2 Å². The minimum atomic E-state index is -0.707. The first-order valence-corrected chi connectivity index (χ1v) is 7.20. The van der Waals surface area contributed by atoms with Crippen LogP contribution in [0.1, 0.15) is 53.2 Å².